The first-order chi connectivity index (χ1) is 9.52. The molecular formula is C13H19N3O3S. The van der Waals surface area contributed by atoms with Crippen LogP contribution in [-0.4, -0.2) is 40.7 Å². The van der Waals surface area contributed by atoms with E-state index in [1.54, 1.807) is 18.5 Å². The number of carbonyl (C=O) groups excluding carboxylic acids is 2. The van der Waals surface area contributed by atoms with E-state index in [-0.39, 0.29) is 17.6 Å². The second-order valence-corrected chi connectivity index (χ2v) is 5.54. The molecule has 110 valence electrons. The molecule has 0 bridgehead atoms. The van der Waals surface area contributed by atoms with Crippen molar-refractivity contribution < 1.29 is 14.3 Å². The van der Waals surface area contributed by atoms with Crippen LogP contribution in [0.4, 0.5) is 0 Å². The number of aromatic nitrogens is 2. The van der Waals surface area contributed by atoms with Crippen LogP contribution in [0.25, 0.3) is 0 Å². The van der Waals surface area contributed by atoms with Gasteiger partial charge in [-0.1, -0.05) is 25.6 Å². The summed E-state index contributed by atoms with van der Waals surface area (Å²) in [7, 11) is 1.31. The number of carbonyl (C=O) groups is 2. The number of esters is 1. The smallest absolute Gasteiger partial charge is 0.328 e. The van der Waals surface area contributed by atoms with Crippen molar-refractivity contribution in [1.82, 2.24) is 15.3 Å². The van der Waals surface area contributed by atoms with E-state index in [1.807, 2.05) is 13.8 Å². The van der Waals surface area contributed by atoms with Gasteiger partial charge in [0.25, 0.3) is 0 Å². The number of methoxy groups -OCH3 is 1. The molecule has 1 amide bonds. The SMILES string of the molecule is COC(=O)[C@H](CC(C)C)NC(=O)CSc1ncccn1. The molecule has 0 radical (unpaired) electrons. The molecule has 1 aromatic heterocycles. The number of ether oxygens (including phenoxy) is 1. The van der Waals surface area contributed by atoms with Crippen molar-refractivity contribution in [3.63, 3.8) is 0 Å². The number of nitrogens with one attached hydrogen (secondary N) is 1. The molecule has 0 fully saturated rings. The molecule has 0 saturated heterocycles. The molecule has 20 heavy (non-hydrogen) atoms. The summed E-state index contributed by atoms with van der Waals surface area (Å²) >= 11 is 1.22. The van der Waals surface area contributed by atoms with Crippen molar-refractivity contribution in [3.8, 4) is 0 Å². The number of thioether (sulfide) groups is 1. The van der Waals surface area contributed by atoms with Crippen LogP contribution < -0.4 is 5.32 Å². The fraction of sp³-hybridized carbons (Fsp3) is 0.538. The molecule has 0 aliphatic rings. The molecule has 7 heteroatoms. The Balaban J connectivity index is 2.47. The van der Waals surface area contributed by atoms with Crippen molar-refractivity contribution in [3.05, 3.63) is 18.5 Å². The highest BCUT2D eigenvalue weighted by Gasteiger charge is 2.22. The summed E-state index contributed by atoms with van der Waals surface area (Å²) in [6, 6.07) is 1.10. The lowest BCUT2D eigenvalue weighted by atomic mass is 10.0. The largest absolute Gasteiger partial charge is 0.467 e. The second-order valence-electron chi connectivity index (χ2n) is 4.59. The van der Waals surface area contributed by atoms with Crippen LogP contribution in [0.15, 0.2) is 23.6 Å². The zero-order valence-corrected chi connectivity index (χ0v) is 12.6. The summed E-state index contributed by atoms with van der Waals surface area (Å²) in [4.78, 5) is 31.4. The van der Waals surface area contributed by atoms with Crippen molar-refractivity contribution in [1.29, 1.82) is 0 Å². The Labute approximate surface area is 122 Å². The van der Waals surface area contributed by atoms with E-state index in [1.165, 1.54) is 18.9 Å². The maximum absolute atomic E-state index is 11.8. The normalized spacial score (nSPS) is 12.0. The first kappa shape index (κ1) is 16.4. The molecule has 1 aromatic rings. The lowest BCUT2D eigenvalue weighted by Gasteiger charge is -2.18. The number of hydrogen-bond acceptors (Lipinski definition) is 6. The van der Waals surface area contributed by atoms with Gasteiger partial charge < -0.3 is 10.1 Å². The summed E-state index contributed by atoms with van der Waals surface area (Å²) in [6.07, 6.45) is 3.78. The van der Waals surface area contributed by atoms with E-state index in [9.17, 15) is 9.59 Å². The number of amides is 1. The fourth-order valence-corrected chi connectivity index (χ4v) is 2.17. The molecule has 0 saturated carbocycles. The Hall–Kier alpha value is -1.63. The van der Waals surface area contributed by atoms with Gasteiger partial charge in [-0.15, -0.1) is 0 Å². The fourth-order valence-electron chi connectivity index (χ4n) is 1.55. The summed E-state index contributed by atoms with van der Waals surface area (Å²) in [6.45, 7) is 3.96. The van der Waals surface area contributed by atoms with Gasteiger partial charge >= 0.3 is 5.97 Å². The predicted octanol–water partition coefficient (Wildman–Crippen LogP) is 1.27. The van der Waals surface area contributed by atoms with Crippen LogP contribution in [0.1, 0.15) is 20.3 Å². The minimum Gasteiger partial charge on any atom is -0.467 e. The molecule has 0 spiro atoms. The van der Waals surface area contributed by atoms with Crippen LogP contribution in [0.3, 0.4) is 0 Å². The minimum atomic E-state index is -0.607. The lowest BCUT2D eigenvalue weighted by Crippen LogP contribution is -2.43. The average Bonchev–Trinajstić information content (AvgIpc) is 2.44. The highest BCUT2D eigenvalue weighted by molar-refractivity contribution is 7.99. The maximum atomic E-state index is 11.8. The van der Waals surface area contributed by atoms with Crippen LogP contribution in [-0.2, 0) is 14.3 Å². The molecule has 1 atom stereocenters. The molecule has 0 aromatic carbocycles. The minimum absolute atomic E-state index is 0.162. The summed E-state index contributed by atoms with van der Waals surface area (Å²) in [5.41, 5.74) is 0. The maximum Gasteiger partial charge on any atom is 0.328 e. The first-order valence-corrected chi connectivity index (χ1v) is 7.28. The van der Waals surface area contributed by atoms with E-state index in [0.29, 0.717) is 11.6 Å². The monoisotopic (exact) mass is 297 g/mol. The van der Waals surface area contributed by atoms with Crippen molar-refractivity contribution in [2.75, 3.05) is 12.9 Å². The summed E-state index contributed by atoms with van der Waals surface area (Å²) in [5, 5.41) is 3.21. The topological polar surface area (TPSA) is 81.2 Å². The third kappa shape index (κ3) is 6.01. The van der Waals surface area contributed by atoms with Crippen molar-refractivity contribution in [2.45, 2.75) is 31.5 Å². The van der Waals surface area contributed by atoms with Gasteiger partial charge in [0, 0.05) is 12.4 Å². The van der Waals surface area contributed by atoms with E-state index in [2.05, 4.69) is 15.3 Å². The molecule has 6 nitrogen and oxygen atoms in total. The zero-order chi connectivity index (χ0) is 15.0. The molecule has 0 unspecified atom stereocenters. The highest BCUT2D eigenvalue weighted by atomic mass is 32.2. The second kappa shape index (κ2) is 8.52. The Kier molecular flexibility index (Phi) is 7.00. The highest BCUT2D eigenvalue weighted by Crippen LogP contribution is 2.11. The van der Waals surface area contributed by atoms with Crippen LogP contribution in [0.5, 0.6) is 0 Å². The van der Waals surface area contributed by atoms with Crippen molar-refractivity contribution >= 4 is 23.6 Å². The quantitative estimate of drug-likeness (QED) is 0.464. The van der Waals surface area contributed by atoms with Crippen molar-refractivity contribution in [2.24, 2.45) is 5.92 Å². The van der Waals surface area contributed by atoms with E-state index >= 15 is 0 Å². The lowest BCUT2D eigenvalue weighted by molar-refractivity contribution is -0.145. The number of hydrogen-bond donors (Lipinski definition) is 1. The van der Waals surface area contributed by atoms with E-state index in [4.69, 9.17) is 4.74 Å². The Morgan fingerprint density at radius 2 is 2.00 bits per heavy atom. The van der Waals surface area contributed by atoms with Gasteiger partial charge in [-0.2, -0.15) is 0 Å². The summed E-state index contributed by atoms with van der Waals surface area (Å²) < 4.78 is 4.69. The van der Waals surface area contributed by atoms with Gasteiger partial charge in [0.1, 0.15) is 6.04 Å². The number of rotatable bonds is 7. The van der Waals surface area contributed by atoms with Gasteiger partial charge in [0.05, 0.1) is 12.9 Å². The summed E-state index contributed by atoms with van der Waals surface area (Å²) in [5.74, 6) is -0.216. The van der Waals surface area contributed by atoms with Crippen LogP contribution >= 0.6 is 11.8 Å². The molecule has 1 N–H and O–H groups in total. The Morgan fingerprint density at radius 1 is 1.35 bits per heavy atom. The zero-order valence-electron chi connectivity index (χ0n) is 11.8. The van der Waals surface area contributed by atoms with Gasteiger partial charge in [-0.05, 0) is 18.4 Å². The molecule has 0 aliphatic heterocycles. The Morgan fingerprint density at radius 3 is 2.55 bits per heavy atom. The molecule has 0 aliphatic carbocycles. The molecular weight excluding hydrogens is 278 g/mol. The van der Waals surface area contributed by atoms with E-state index < -0.39 is 12.0 Å². The third-order valence-corrected chi connectivity index (χ3v) is 3.28. The predicted molar refractivity (Wildman–Crippen MR) is 76.2 cm³/mol. The van der Waals surface area contributed by atoms with Gasteiger partial charge in [-0.25, -0.2) is 14.8 Å². The standard InChI is InChI=1S/C13H19N3O3S/c1-9(2)7-10(12(18)19-3)16-11(17)8-20-13-14-5-4-6-15-13/h4-6,9-10H,7-8H2,1-3H3,(H,16,17)/t10-/m0/s1. The third-order valence-electron chi connectivity index (χ3n) is 2.40. The number of nitrogens with zero attached hydrogens (tertiary/aromatic N) is 2. The average molecular weight is 297 g/mol. The van der Waals surface area contributed by atoms with Crippen LogP contribution in [0, 0.1) is 5.92 Å². The van der Waals surface area contributed by atoms with Gasteiger partial charge in [0.15, 0.2) is 5.16 Å². The van der Waals surface area contributed by atoms with Gasteiger partial charge in [0.2, 0.25) is 5.91 Å². The van der Waals surface area contributed by atoms with Crippen LogP contribution in [0.2, 0.25) is 0 Å². The van der Waals surface area contributed by atoms with E-state index in [0.717, 1.165) is 0 Å². The van der Waals surface area contributed by atoms with Gasteiger partial charge in [-0.3, -0.25) is 4.79 Å². The molecule has 1 heterocycles. The molecule has 1 rings (SSSR count). The Bertz CT molecular complexity index is 440. The first-order valence-electron chi connectivity index (χ1n) is 6.30.